The van der Waals surface area contributed by atoms with Crippen LogP contribution < -0.4 is 9.46 Å². The summed E-state index contributed by atoms with van der Waals surface area (Å²) in [6.45, 7) is 1.17. The summed E-state index contributed by atoms with van der Waals surface area (Å²) in [6.07, 6.45) is 2.33. The molecule has 0 unspecified atom stereocenters. The van der Waals surface area contributed by atoms with Gasteiger partial charge in [0.1, 0.15) is 11.6 Å². The fourth-order valence-corrected chi connectivity index (χ4v) is 3.39. The zero-order valence-corrected chi connectivity index (χ0v) is 16.4. The summed E-state index contributed by atoms with van der Waals surface area (Å²) < 4.78 is 42.3. The molecule has 0 saturated carbocycles. The molecule has 1 aromatic carbocycles. The molecule has 2 heterocycles. The van der Waals surface area contributed by atoms with Crippen molar-refractivity contribution in [1.82, 2.24) is 14.8 Å². The summed E-state index contributed by atoms with van der Waals surface area (Å²) in [6, 6.07) is 5.51. The molecule has 1 aliphatic heterocycles. The van der Waals surface area contributed by atoms with Crippen LogP contribution in [0.4, 0.5) is 10.1 Å². The lowest BCUT2D eigenvalue weighted by Gasteiger charge is -2.35. The van der Waals surface area contributed by atoms with Crippen molar-refractivity contribution in [3.05, 3.63) is 53.6 Å². The quantitative estimate of drug-likeness (QED) is 0.689. The first kappa shape index (κ1) is 20.5. The molecule has 9 nitrogen and oxygen atoms in total. The lowest BCUT2D eigenvalue weighted by Crippen LogP contribution is -2.50. The van der Waals surface area contributed by atoms with E-state index in [1.807, 2.05) is 0 Å². The number of carbonyl (C=O) groups excluding carboxylic acids is 2. The van der Waals surface area contributed by atoms with E-state index < -0.39 is 16.7 Å². The molecule has 11 heteroatoms. The molecule has 1 N–H and O–H groups in total. The second-order valence-electron chi connectivity index (χ2n) is 6.26. The van der Waals surface area contributed by atoms with Crippen LogP contribution in [0.1, 0.15) is 20.7 Å². The van der Waals surface area contributed by atoms with Crippen LogP contribution in [0.5, 0.6) is 5.75 Å². The molecule has 0 spiro atoms. The van der Waals surface area contributed by atoms with Gasteiger partial charge < -0.3 is 14.5 Å². The third-order valence-electron chi connectivity index (χ3n) is 4.46. The Labute approximate surface area is 168 Å². The van der Waals surface area contributed by atoms with Crippen LogP contribution in [0, 0.1) is 5.82 Å². The number of piperazine rings is 1. The number of halogens is 1. The number of nitrogens with one attached hydrogen (secondary N) is 1. The number of amides is 2. The summed E-state index contributed by atoms with van der Waals surface area (Å²) in [5, 5.41) is 0. The van der Waals surface area contributed by atoms with Crippen molar-refractivity contribution in [2.45, 2.75) is 0 Å². The van der Waals surface area contributed by atoms with Crippen LogP contribution in [0.2, 0.25) is 0 Å². The Morgan fingerprint density at radius 3 is 2.31 bits per heavy atom. The third kappa shape index (κ3) is 4.80. The molecule has 0 aliphatic carbocycles. The van der Waals surface area contributed by atoms with E-state index in [4.69, 9.17) is 4.74 Å². The molecule has 0 radical (unpaired) electrons. The van der Waals surface area contributed by atoms with E-state index in [0.29, 0.717) is 26.2 Å². The Bertz CT molecular complexity index is 997. The maximum absolute atomic E-state index is 13.3. The number of carbonyl (C=O) groups is 2. The molecule has 0 bridgehead atoms. The highest BCUT2D eigenvalue weighted by molar-refractivity contribution is 7.73. The summed E-state index contributed by atoms with van der Waals surface area (Å²) in [5.74, 6) is -0.985. The Hall–Kier alpha value is -3.21. The summed E-state index contributed by atoms with van der Waals surface area (Å²) >= 11 is 0. The van der Waals surface area contributed by atoms with E-state index in [1.54, 1.807) is 4.90 Å². The van der Waals surface area contributed by atoms with Crippen LogP contribution in [0.15, 0.2) is 36.7 Å². The number of rotatable bonds is 5. The average Bonchev–Trinajstić information content (AvgIpc) is 2.72. The number of benzene rings is 1. The van der Waals surface area contributed by atoms with E-state index in [-0.39, 0.29) is 34.4 Å². The summed E-state index contributed by atoms with van der Waals surface area (Å²) in [7, 11) is -1.44. The average molecular weight is 422 g/mol. The molecule has 154 valence electrons. The fraction of sp³-hybridized carbons (Fsp3) is 0.278. The van der Waals surface area contributed by atoms with Gasteiger partial charge in [0.15, 0.2) is 0 Å². The van der Waals surface area contributed by atoms with Gasteiger partial charge in [-0.2, -0.15) is 0 Å². The molecule has 2 aromatic rings. The highest BCUT2D eigenvalue weighted by atomic mass is 32.2. The van der Waals surface area contributed by atoms with Crippen LogP contribution in [-0.4, -0.2) is 68.3 Å². The van der Waals surface area contributed by atoms with Crippen molar-refractivity contribution in [3.63, 3.8) is 0 Å². The van der Waals surface area contributed by atoms with Gasteiger partial charge in [-0.15, -0.1) is 0 Å². The molecule has 0 atom stereocenters. The molecule has 29 heavy (non-hydrogen) atoms. The van der Waals surface area contributed by atoms with Crippen LogP contribution >= 0.6 is 0 Å². The Morgan fingerprint density at radius 1 is 1.07 bits per heavy atom. The predicted molar refractivity (Wildman–Crippen MR) is 103 cm³/mol. The van der Waals surface area contributed by atoms with Crippen LogP contribution in [0.25, 0.3) is 0 Å². The van der Waals surface area contributed by atoms with Gasteiger partial charge >= 0.3 is 0 Å². The molecule has 1 aliphatic rings. The first-order valence-corrected chi connectivity index (χ1v) is 9.85. The third-order valence-corrected chi connectivity index (χ3v) is 4.90. The first-order chi connectivity index (χ1) is 13.9. The van der Waals surface area contributed by atoms with Gasteiger partial charge in [-0.25, -0.2) is 12.8 Å². The van der Waals surface area contributed by atoms with Crippen molar-refractivity contribution in [2.24, 2.45) is 0 Å². The number of ether oxygens (including phenoxy) is 1. The summed E-state index contributed by atoms with van der Waals surface area (Å²) in [4.78, 5) is 32.1. The minimum Gasteiger partial charge on any atom is -0.496 e. The highest BCUT2D eigenvalue weighted by Gasteiger charge is 2.27. The van der Waals surface area contributed by atoms with Gasteiger partial charge in [0.05, 0.1) is 30.1 Å². The number of hydrogen-bond acceptors (Lipinski definition) is 6. The molecular weight excluding hydrogens is 403 g/mol. The van der Waals surface area contributed by atoms with Gasteiger partial charge in [-0.3, -0.25) is 19.3 Å². The minimum atomic E-state index is -2.83. The topological polar surface area (TPSA) is 109 Å². The first-order valence-electron chi connectivity index (χ1n) is 8.67. The zero-order chi connectivity index (χ0) is 21.0. The van der Waals surface area contributed by atoms with Gasteiger partial charge in [0.25, 0.3) is 11.8 Å². The van der Waals surface area contributed by atoms with Crippen molar-refractivity contribution >= 4 is 28.4 Å². The normalized spacial score (nSPS) is 14.0. The maximum atomic E-state index is 13.3. The summed E-state index contributed by atoms with van der Waals surface area (Å²) in [5.41, 5.74) is 0.730. The molecule has 3 rings (SSSR count). The van der Waals surface area contributed by atoms with Crippen LogP contribution in [-0.2, 0) is 10.9 Å². The number of aromatic nitrogens is 1. The number of methoxy groups -OCH3 is 1. The lowest BCUT2D eigenvalue weighted by molar-refractivity contribution is 0.0533. The van der Waals surface area contributed by atoms with Crippen molar-refractivity contribution in [3.8, 4) is 5.75 Å². The van der Waals surface area contributed by atoms with Crippen molar-refractivity contribution in [2.75, 3.05) is 38.0 Å². The number of anilines is 1. The zero-order valence-electron chi connectivity index (χ0n) is 15.5. The van der Waals surface area contributed by atoms with Gasteiger partial charge in [-0.05, 0) is 18.2 Å². The van der Waals surface area contributed by atoms with E-state index in [2.05, 4.69) is 9.71 Å². The Morgan fingerprint density at radius 2 is 1.72 bits per heavy atom. The van der Waals surface area contributed by atoms with Crippen LogP contribution in [0.3, 0.4) is 0 Å². The number of thiol groups is 1. The van der Waals surface area contributed by atoms with Gasteiger partial charge in [0.2, 0.25) is 10.9 Å². The van der Waals surface area contributed by atoms with Gasteiger partial charge in [-0.1, -0.05) is 0 Å². The monoisotopic (exact) mass is 422 g/mol. The van der Waals surface area contributed by atoms with Gasteiger partial charge in [0, 0.05) is 38.4 Å². The smallest absolute Gasteiger partial charge is 0.257 e. The van der Waals surface area contributed by atoms with E-state index in [0.717, 1.165) is 12.3 Å². The Balaban J connectivity index is 1.67. The lowest BCUT2D eigenvalue weighted by atomic mass is 10.1. The standard InChI is InChI=1S/C18H19FN4O5S/c1-28-16-9-14(21-29(26)27)2-3-15(16)18(25)23-6-4-22(5-7-23)17(24)12-8-13(19)11-20-10-12/h2-3,8-11,29H,4-7H2,1H3,(H,21,26,27). The van der Waals surface area contributed by atoms with E-state index in [1.165, 1.54) is 36.4 Å². The largest absolute Gasteiger partial charge is 0.496 e. The SMILES string of the molecule is COc1cc(N[SH](=O)=O)ccc1C(=O)N1CCN(C(=O)c2cncc(F)c2)CC1. The molecule has 1 saturated heterocycles. The molecule has 2 amide bonds. The minimum absolute atomic E-state index is 0.159. The number of pyridine rings is 1. The number of nitrogens with zero attached hydrogens (tertiary/aromatic N) is 3. The molecular formula is C18H19FN4O5S. The second kappa shape index (κ2) is 8.86. The Kier molecular flexibility index (Phi) is 6.27. The highest BCUT2D eigenvalue weighted by Crippen LogP contribution is 2.25. The number of hydrogen-bond donors (Lipinski definition) is 2. The fourth-order valence-electron chi connectivity index (χ4n) is 3.04. The van der Waals surface area contributed by atoms with Crippen molar-refractivity contribution in [1.29, 1.82) is 0 Å². The van der Waals surface area contributed by atoms with E-state index >= 15 is 0 Å². The molecule has 1 aromatic heterocycles. The van der Waals surface area contributed by atoms with E-state index in [9.17, 15) is 22.4 Å². The second-order valence-corrected chi connectivity index (χ2v) is 7.00. The predicted octanol–water partition coefficient (Wildman–Crippen LogP) is 0.766. The molecule has 1 fully saturated rings. The maximum Gasteiger partial charge on any atom is 0.257 e. The van der Waals surface area contributed by atoms with Crippen molar-refractivity contribution < 1.29 is 27.1 Å².